The van der Waals surface area contributed by atoms with Gasteiger partial charge in [-0.05, 0) is 24.7 Å². The average molecular weight is 256 g/mol. The molecule has 0 spiro atoms. The van der Waals surface area contributed by atoms with Gasteiger partial charge in [-0.2, -0.15) is 4.99 Å². The van der Waals surface area contributed by atoms with Crippen molar-refractivity contribution in [3.8, 4) is 0 Å². The maximum Gasteiger partial charge on any atom is 0.261 e. The van der Waals surface area contributed by atoms with Crippen LogP contribution in [0.25, 0.3) is 0 Å². The molecule has 0 radical (unpaired) electrons. The number of amidine groups is 1. The zero-order valence-corrected chi connectivity index (χ0v) is 11.3. The van der Waals surface area contributed by atoms with Crippen molar-refractivity contribution in [2.24, 2.45) is 16.8 Å². The summed E-state index contributed by atoms with van der Waals surface area (Å²) in [6.45, 7) is 6.76. The summed E-state index contributed by atoms with van der Waals surface area (Å²) in [5, 5.41) is 4.12. The van der Waals surface area contributed by atoms with Gasteiger partial charge in [0.1, 0.15) is 0 Å². The van der Waals surface area contributed by atoms with Gasteiger partial charge >= 0.3 is 0 Å². The number of nitrogens with zero attached hydrogens (tertiary/aromatic N) is 1. The third kappa shape index (κ3) is 3.45. The Morgan fingerprint density at radius 1 is 1.47 bits per heavy atom. The lowest BCUT2D eigenvalue weighted by Gasteiger charge is -2.22. The van der Waals surface area contributed by atoms with E-state index in [9.17, 15) is 4.79 Å². The van der Waals surface area contributed by atoms with E-state index >= 15 is 0 Å². The molecule has 2 heterocycles. The molecule has 0 aromatic heterocycles. The van der Waals surface area contributed by atoms with E-state index in [1.54, 1.807) is 11.8 Å². The van der Waals surface area contributed by atoms with Gasteiger partial charge in [-0.15, -0.1) is 0 Å². The summed E-state index contributed by atoms with van der Waals surface area (Å²) in [4.78, 5) is 15.7. The van der Waals surface area contributed by atoms with Crippen LogP contribution in [0.4, 0.5) is 0 Å². The van der Waals surface area contributed by atoms with Crippen molar-refractivity contribution in [1.29, 1.82) is 0 Å². The monoisotopic (exact) mass is 256 g/mol. The Hall–Kier alpha value is -0.550. The highest BCUT2D eigenvalue weighted by molar-refractivity contribution is 8.15. The van der Waals surface area contributed by atoms with Gasteiger partial charge in [-0.3, -0.25) is 4.79 Å². The molecule has 1 N–H and O–H groups in total. The van der Waals surface area contributed by atoms with Crippen LogP contribution < -0.4 is 5.32 Å². The number of amides is 1. The predicted octanol–water partition coefficient (Wildman–Crippen LogP) is 1.66. The number of carbonyl (C=O) groups excluding carboxylic acids is 1. The molecule has 2 aliphatic rings. The van der Waals surface area contributed by atoms with Gasteiger partial charge < -0.3 is 10.1 Å². The first-order valence-corrected chi connectivity index (χ1v) is 7.15. The summed E-state index contributed by atoms with van der Waals surface area (Å²) in [7, 11) is 0. The smallest absolute Gasteiger partial charge is 0.261 e. The van der Waals surface area contributed by atoms with E-state index in [-0.39, 0.29) is 11.2 Å². The Labute approximate surface area is 107 Å². The Morgan fingerprint density at radius 2 is 2.18 bits per heavy atom. The number of rotatable bonds is 3. The fraction of sp³-hybridized carbons (Fsp3) is 0.833. The number of ether oxygens (including phenoxy) is 1. The van der Waals surface area contributed by atoms with Crippen LogP contribution >= 0.6 is 11.8 Å². The SMILES string of the molecule is CC(C)[C@@H]1SC(NCC2CCOCC2)=NC1=O. The van der Waals surface area contributed by atoms with E-state index in [0.717, 1.165) is 37.8 Å². The zero-order valence-electron chi connectivity index (χ0n) is 10.4. The molecule has 1 fully saturated rings. The van der Waals surface area contributed by atoms with Crippen LogP contribution in [0.5, 0.6) is 0 Å². The highest BCUT2D eigenvalue weighted by Gasteiger charge is 2.31. The molecule has 2 rings (SSSR count). The summed E-state index contributed by atoms with van der Waals surface area (Å²) in [5.41, 5.74) is 0. The molecule has 4 nitrogen and oxygen atoms in total. The number of hydrogen-bond acceptors (Lipinski definition) is 4. The third-order valence-electron chi connectivity index (χ3n) is 3.18. The van der Waals surface area contributed by atoms with Crippen molar-refractivity contribution in [2.45, 2.75) is 31.9 Å². The summed E-state index contributed by atoms with van der Waals surface area (Å²) in [5.74, 6) is 1.01. The van der Waals surface area contributed by atoms with Gasteiger partial charge in [-0.25, -0.2) is 0 Å². The van der Waals surface area contributed by atoms with Gasteiger partial charge in [0.2, 0.25) is 0 Å². The molecule has 0 aliphatic carbocycles. The van der Waals surface area contributed by atoms with Crippen molar-refractivity contribution in [3.05, 3.63) is 0 Å². The Kier molecular flexibility index (Phi) is 4.45. The minimum Gasteiger partial charge on any atom is -0.381 e. The molecule has 17 heavy (non-hydrogen) atoms. The highest BCUT2D eigenvalue weighted by atomic mass is 32.2. The van der Waals surface area contributed by atoms with Crippen molar-refractivity contribution in [2.75, 3.05) is 19.8 Å². The molecule has 0 saturated carbocycles. The Bertz CT molecular complexity index is 312. The van der Waals surface area contributed by atoms with Crippen LogP contribution in [0.2, 0.25) is 0 Å². The second-order valence-electron chi connectivity index (χ2n) is 4.97. The molecule has 0 aromatic carbocycles. The van der Waals surface area contributed by atoms with E-state index in [4.69, 9.17) is 4.74 Å². The summed E-state index contributed by atoms with van der Waals surface area (Å²) in [6.07, 6.45) is 2.21. The lowest BCUT2D eigenvalue weighted by atomic mass is 10.0. The van der Waals surface area contributed by atoms with Crippen molar-refractivity contribution < 1.29 is 9.53 Å². The lowest BCUT2D eigenvalue weighted by Crippen LogP contribution is -2.30. The molecule has 0 aromatic rings. The van der Waals surface area contributed by atoms with E-state index in [1.807, 2.05) is 0 Å². The number of thioether (sulfide) groups is 1. The largest absolute Gasteiger partial charge is 0.381 e. The quantitative estimate of drug-likeness (QED) is 0.834. The van der Waals surface area contributed by atoms with Crippen LogP contribution in [0.1, 0.15) is 26.7 Å². The van der Waals surface area contributed by atoms with Crippen molar-refractivity contribution in [1.82, 2.24) is 5.32 Å². The second kappa shape index (κ2) is 5.87. The molecule has 5 heteroatoms. The number of carbonyl (C=O) groups is 1. The summed E-state index contributed by atoms with van der Waals surface area (Å²) < 4.78 is 5.32. The van der Waals surface area contributed by atoms with Gasteiger partial charge in [0, 0.05) is 19.8 Å². The fourth-order valence-corrected chi connectivity index (χ4v) is 3.02. The van der Waals surface area contributed by atoms with Crippen molar-refractivity contribution in [3.63, 3.8) is 0 Å². The number of hydrogen-bond donors (Lipinski definition) is 1. The highest BCUT2D eigenvalue weighted by Crippen LogP contribution is 2.27. The van der Waals surface area contributed by atoms with Gasteiger partial charge in [0.05, 0.1) is 5.25 Å². The minimum atomic E-state index is 0.00666. The summed E-state index contributed by atoms with van der Waals surface area (Å²) >= 11 is 1.57. The molecule has 0 bridgehead atoms. The van der Waals surface area contributed by atoms with Gasteiger partial charge in [-0.1, -0.05) is 25.6 Å². The first kappa shape index (κ1) is 12.9. The topological polar surface area (TPSA) is 50.7 Å². The summed E-state index contributed by atoms with van der Waals surface area (Å²) in [6, 6.07) is 0. The molecule has 2 aliphatic heterocycles. The molecular weight excluding hydrogens is 236 g/mol. The van der Waals surface area contributed by atoms with Crippen LogP contribution in [-0.2, 0) is 9.53 Å². The maximum absolute atomic E-state index is 11.6. The molecule has 0 unspecified atom stereocenters. The van der Waals surface area contributed by atoms with E-state index in [0.29, 0.717) is 11.8 Å². The fourth-order valence-electron chi connectivity index (χ4n) is 2.05. The normalized spacial score (nSPS) is 26.4. The predicted molar refractivity (Wildman–Crippen MR) is 70.2 cm³/mol. The molecule has 1 atom stereocenters. The first-order chi connectivity index (χ1) is 8.16. The lowest BCUT2D eigenvalue weighted by molar-refractivity contribution is -0.117. The van der Waals surface area contributed by atoms with Crippen LogP contribution in [-0.4, -0.2) is 36.1 Å². The van der Waals surface area contributed by atoms with Crippen molar-refractivity contribution >= 4 is 22.8 Å². The van der Waals surface area contributed by atoms with Gasteiger partial charge in [0.15, 0.2) is 5.17 Å². The van der Waals surface area contributed by atoms with Crippen LogP contribution in [0.3, 0.4) is 0 Å². The number of aliphatic imine (C=N–C) groups is 1. The first-order valence-electron chi connectivity index (χ1n) is 6.27. The zero-order chi connectivity index (χ0) is 12.3. The van der Waals surface area contributed by atoms with E-state index < -0.39 is 0 Å². The Balaban J connectivity index is 1.76. The average Bonchev–Trinajstić information content (AvgIpc) is 2.69. The standard InChI is InChI=1S/C12H20N2O2S/c1-8(2)10-11(15)14-12(17-10)13-7-9-3-5-16-6-4-9/h8-10H,3-7H2,1-2H3,(H,13,14,15)/t10-/m0/s1. The van der Waals surface area contributed by atoms with Crippen LogP contribution in [0.15, 0.2) is 4.99 Å². The van der Waals surface area contributed by atoms with Gasteiger partial charge in [0.25, 0.3) is 5.91 Å². The number of nitrogens with one attached hydrogen (secondary N) is 1. The molecule has 96 valence electrons. The Morgan fingerprint density at radius 3 is 2.76 bits per heavy atom. The second-order valence-corrected chi connectivity index (χ2v) is 6.10. The van der Waals surface area contributed by atoms with Crippen LogP contribution in [0, 0.1) is 11.8 Å². The molecular formula is C12H20N2O2S. The van der Waals surface area contributed by atoms with E-state index in [2.05, 4.69) is 24.2 Å². The molecule has 1 amide bonds. The molecule has 1 saturated heterocycles. The third-order valence-corrected chi connectivity index (χ3v) is 4.64. The van der Waals surface area contributed by atoms with E-state index in [1.165, 1.54) is 0 Å². The maximum atomic E-state index is 11.6. The minimum absolute atomic E-state index is 0.00666.